The molecule has 0 saturated carbocycles. The van der Waals surface area contributed by atoms with Crippen LogP contribution in [0.4, 0.5) is 23.4 Å². The van der Waals surface area contributed by atoms with Gasteiger partial charge in [0.25, 0.3) is 0 Å². The first-order chi connectivity index (χ1) is 13.1. The molecule has 0 fully saturated rings. The molecular formula is C17H13Cl2F4N5. The molecule has 148 valence electrons. The third kappa shape index (κ3) is 3.64. The Kier molecular flexibility index (Phi) is 5.49. The molecule has 0 aliphatic carbocycles. The summed E-state index contributed by atoms with van der Waals surface area (Å²) in [6.45, 7) is 0.921. The van der Waals surface area contributed by atoms with E-state index in [0.29, 0.717) is 5.56 Å². The van der Waals surface area contributed by atoms with Crippen LogP contribution in [0.5, 0.6) is 0 Å². The lowest BCUT2D eigenvalue weighted by Crippen LogP contribution is -2.34. The second kappa shape index (κ2) is 7.56. The summed E-state index contributed by atoms with van der Waals surface area (Å²) in [4.78, 5) is 8.02. The molecule has 0 radical (unpaired) electrons. The molecule has 0 bridgehead atoms. The molecule has 0 saturated heterocycles. The Morgan fingerprint density at radius 1 is 1.25 bits per heavy atom. The van der Waals surface area contributed by atoms with Crippen LogP contribution in [0.2, 0.25) is 10.2 Å². The van der Waals surface area contributed by atoms with E-state index in [2.05, 4.69) is 20.4 Å². The summed E-state index contributed by atoms with van der Waals surface area (Å²) in [6, 6.07) is 1.91. The number of hydrogen-bond donors (Lipinski definition) is 1. The molecule has 11 heteroatoms. The minimum Gasteiger partial charge on any atom is -0.358 e. The summed E-state index contributed by atoms with van der Waals surface area (Å²) in [5.74, 6) is -0.955. The molecule has 1 aromatic carbocycles. The molecule has 3 rings (SSSR count). The van der Waals surface area contributed by atoms with Crippen LogP contribution < -0.4 is 5.32 Å². The molecule has 3 aromatic rings. The monoisotopic (exact) mass is 433 g/mol. The third-order valence-electron chi connectivity index (χ3n) is 3.96. The first-order valence-corrected chi connectivity index (χ1v) is 8.67. The van der Waals surface area contributed by atoms with Crippen LogP contribution in [-0.4, -0.2) is 40.1 Å². The summed E-state index contributed by atoms with van der Waals surface area (Å²) in [7, 11) is 1.52. The highest BCUT2D eigenvalue weighted by Gasteiger charge is 2.37. The summed E-state index contributed by atoms with van der Waals surface area (Å²) in [5.41, 5.74) is 0.278. The van der Waals surface area contributed by atoms with Gasteiger partial charge < -0.3 is 5.32 Å². The molecule has 0 amide bonds. The zero-order valence-corrected chi connectivity index (χ0v) is 16.0. The van der Waals surface area contributed by atoms with Gasteiger partial charge in [-0.2, -0.15) is 22.8 Å². The Labute approximate surface area is 167 Å². The molecular weight excluding hydrogens is 421 g/mol. The van der Waals surface area contributed by atoms with Crippen molar-refractivity contribution in [2.45, 2.75) is 19.1 Å². The smallest absolute Gasteiger partial charge is 0.358 e. The number of fused-ring (bicyclic) bond motifs is 1. The van der Waals surface area contributed by atoms with Gasteiger partial charge in [-0.1, -0.05) is 29.3 Å². The van der Waals surface area contributed by atoms with Crippen molar-refractivity contribution in [3.63, 3.8) is 0 Å². The lowest BCUT2D eigenvalue weighted by atomic mass is 10.1. The Morgan fingerprint density at radius 2 is 1.96 bits per heavy atom. The summed E-state index contributed by atoms with van der Waals surface area (Å²) >= 11 is 12.4. The van der Waals surface area contributed by atoms with Crippen LogP contribution in [0.1, 0.15) is 12.5 Å². The highest BCUT2D eigenvalue weighted by molar-refractivity contribution is 6.36. The standard InChI is InChI=1S/C17H13Cl2F4N5/c1-8(17(21,22)23)26-16-13(12-10(18)4-3-5-11(12)20)14(19)27-15-9(6-24-2)7-25-28(15)16/h3-8,26H,1-2H3/t8-/m0/s1. The van der Waals surface area contributed by atoms with E-state index in [1.54, 1.807) is 0 Å². The maximum Gasteiger partial charge on any atom is 0.408 e. The highest BCUT2D eigenvalue weighted by atomic mass is 35.5. The fourth-order valence-corrected chi connectivity index (χ4v) is 3.11. The van der Waals surface area contributed by atoms with Gasteiger partial charge in [0.05, 0.1) is 22.3 Å². The molecule has 1 atom stereocenters. The highest BCUT2D eigenvalue weighted by Crippen LogP contribution is 2.41. The van der Waals surface area contributed by atoms with Crippen LogP contribution in [0.15, 0.2) is 29.4 Å². The van der Waals surface area contributed by atoms with Crippen molar-refractivity contribution in [3.8, 4) is 11.1 Å². The van der Waals surface area contributed by atoms with E-state index >= 15 is 0 Å². The van der Waals surface area contributed by atoms with Gasteiger partial charge in [-0.15, -0.1) is 0 Å². The number of aliphatic imine (C=N–C) groups is 1. The van der Waals surface area contributed by atoms with Crippen LogP contribution in [-0.2, 0) is 0 Å². The average Bonchev–Trinajstić information content (AvgIpc) is 2.99. The Balaban J connectivity index is 2.37. The van der Waals surface area contributed by atoms with Crippen LogP contribution in [0.25, 0.3) is 16.8 Å². The van der Waals surface area contributed by atoms with E-state index in [0.717, 1.165) is 17.5 Å². The summed E-state index contributed by atoms with van der Waals surface area (Å²) in [5, 5.41) is 6.12. The van der Waals surface area contributed by atoms with Crippen LogP contribution >= 0.6 is 23.2 Å². The number of halogens is 6. The van der Waals surface area contributed by atoms with Crippen LogP contribution in [0, 0.1) is 5.82 Å². The SMILES string of the molecule is CN=Cc1cnn2c(N[C@@H](C)C(F)(F)F)c(-c3c(F)cccc3Cl)c(Cl)nc12. The zero-order chi connectivity index (χ0) is 20.6. The minimum atomic E-state index is -4.57. The third-order valence-corrected chi connectivity index (χ3v) is 4.54. The number of rotatable bonds is 4. The van der Waals surface area contributed by atoms with E-state index in [1.165, 1.54) is 31.6 Å². The lowest BCUT2D eigenvalue weighted by Gasteiger charge is -2.22. The predicted octanol–water partition coefficient (Wildman–Crippen LogP) is 5.25. The summed E-state index contributed by atoms with van der Waals surface area (Å²) in [6.07, 6.45) is -1.78. The van der Waals surface area contributed by atoms with Crippen molar-refractivity contribution in [2.75, 3.05) is 12.4 Å². The predicted molar refractivity (Wildman–Crippen MR) is 101 cm³/mol. The van der Waals surface area contributed by atoms with E-state index in [1.807, 2.05) is 0 Å². The van der Waals surface area contributed by atoms with Crippen molar-refractivity contribution in [1.29, 1.82) is 0 Å². The van der Waals surface area contributed by atoms with Crippen molar-refractivity contribution < 1.29 is 17.6 Å². The molecule has 0 aliphatic heterocycles. The normalized spacial score (nSPS) is 13.4. The number of anilines is 1. The van der Waals surface area contributed by atoms with Crippen molar-refractivity contribution in [3.05, 3.63) is 46.0 Å². The topological polar surface area (TPSA) is 54.6 Å². The average molecular weight is 434 g/mol. The minimum absolute atomic E-state index is 0.0340. The van der Waals surface area contributed by atoms with Gasteiger partial charge in [0, 0.05) is 18.8 Å². The van der Waals surface area contributed by atoms with E-state index in [4.69, 9.17) is 23.2 Å². The quantitative estimate of drug-likeness (QED) is 0.347. The number of nitrogens with one attached hydrogen (secondary N) is 1. The largest absolute Gasteiger partial charge is 0.408 e. The Bertz CT molecular complexity index is 1040. The number of aromatic nitrogens is 3. The number of alkyl halides is 3. The first kappa shape index (κ1) is 20.3. The number of nitrogens with zero attached hydrogens (tertiary/aromatic N) is 4. The van der Waals surface area contributed by atoms with Gasteiger partial charge in [-0.05, 0) is 19.1 Å². The summed E-state index contributed by atoms with van der Waals surface area (Å²) < 4.78 is 55.2. The number of benzene rings is 1. The Hall–Kier alpha value is -2.39. The van der Waals surface area contributed by atoms with Gasteiger partial charge in [0.1, 0.15) is 22.8 Å². The van der Waals surface area contributed by atoms with Crippen molar-refractivity contribution in [2.24, 2.45) is 4.99 Å². The molecule has 5 nitrogen and oxygen atoms in total. The molecule has 28 heavy (non-hydrogen) atoms. The first-order valence-electron chi connectivity index (χ1n) is 7.92. The van der Waals surface area contributed by atoms with Crippen molar-refractivity contribution >= 4 is 40.9 Å². The maximum atomic E-state index is 14.5. The van der Waals surface area contributed by atoms with Crippen LogP contribution in [0.3, 0.4) is 0 Å². The van der Waals surface area contributed by atoms with Gasteiger partial charge in [-0.25, -0.2) is 9.37 Å². The van der Waals surface area contributed by atoms with Gasteiger partial charge in [0.15, 0.2) is 5.65 Å². The molecule has 0 aliphatic rings. The second-order valence-corrected chi connectivity index (χ2v) is 6.62. The van der Waals surface area contributed by atoms with E-state index in [-0.39, 0.29) is 32.8 Å². The molecule has 2 heterocycles. The maximum absolute atomic E-state index is 14.5. The van der Waals surface area contributed by atoms with E-state index in [9.17, 15) is 17.6 Å². The fraction of sp³-hybridized carbons (Fsp3) is 0.235. The Morgan fingerprint density at radius 3 is 2.57 bits per heavy atom. The van der Waals surface area contributed by atoms with Gasteiger partial charge >= 0.3 is 6.18 Å². The van der Waals surface area contributed by atoms with Gasteiger partial charge in [-0.3, -0.25) is 4.99 Å². The molecule has 1 N–H and O–H groups in total. The molecule has 0 unspecified atom stereocenters. The molecule has 0 spiro atoms. The molecule has 2 aromatic heterocycles. The zero-order valence-electron chi connectivity index (χ0n) is 14.5. The second-order valence-electron chi connectivity index (χ2n) is 5.85. The van der Waals surface area contributed by atoms with Crippen molar-refractivity contribution in [1.82, 2.24) is 14.6 Å². The van der Waals surface area contributed by atoms with E-state index < -0.39 is 18.0 Å². The fourth-order valence-electron chi connectivity index (χ4n) is 2.59. The number of hydrogen-bond acceptors (Lipinski definition) is 4. The lowest BCUT2D eigenvalue weighted by molar-refractivity contribution is -0.138. The van der Waals surface area contributed by atoms with Gasteiger partial charge in [0.2, 0.25) is 0 Å².